The zero-order valence-corrected chi connectivity index (χ0v) is 7.21. The highest BCUT2D eigenvalue weighted by Gasteiger charge is 2.07. The Morgan fingerprint density at radius 1 is 1.45 bits per heavy atom. The summed E-state index contributed by atoms with van der Waals surface area (Å²) in [5.41, 5.74) is 5.52. The SMILES string of the molecule is CC(N)CCC(C)CC(=O)O. The summed E-state index contributed by atoms with van der Waals surface area (Å²) in [7, 11) is 0. The molecule has 0 rings (SSSR count). The number of rotatable bonds is 5. The van der Waals surface area contributed by atoms with Crippen molar-refractivity contribution >= 4 is 5.97 Å². The van der Waals surface area contributed by atoms with E-state index in [2.05, 4.69) is 0 Å². The summed E-state index contributed by atoms with van der Waals surface area (Å²) < 4.78 is 0. The molecule has 66 valence electrons. The van der Waals surface area contributed by atoms with Crippen molar-refractivity contribution in [3.05, 3.63) is 0 Å². The average molecular weight is 159 g/mol. The predicted molar refractivity (Wildman–Crippen MR) is 44.3 cm³/mol. The van der Waals surface area contributed by atoms with Crippen molar-refractivity contribution in [2.24, 2.45) is 11.7 Å². The van der Waals surface area contributed by atoms with E-state index >= 15 is 0 Å². The molecule has 0 amide bonds. The van der Waals surface area contributed by atoms with Crippen LogP contribution in [0.15, 0.2) is 0 Å². The van der Waals surface area contributed by atoms with Gasteiger partial charge in [-0.25, -0.2) is 0 Å². The molecule has 0 bridgehead atoms. The van der Waals surface area contributed by atoms with Crippen molar-refractivity contribution in [1.82, 2.24) is 0 Å². The number of carboxylic acid groups (broad SMARTS) is 1. The van der Waals surface area contributed by atoms with Gasteiger partial charge in [0, 0.05) is 12.5 Å². The molecule has 0 aromatic heterocycles. The van der Waals surface area contributed by atoms with Crippen LogP contribution in [0.4, 0.5) is 0 Å². The van der Waals surface area contributed by atoms with Gasteiger partial charge in [0.2, 0.25) is 0 Å². The van der Waals surface area contributed by atoms with E-state index in [1.54, 1.807) is 0 Å². The molecule has 0 heterocycles. The van der Waals surface area contributed by atoms with Crippen LogP contribution in [0.1, 0.15) is 33.1 Å². The van der Waals surface area contributed by atoms with Crippen LogP contribution in [0.25, 0.3) is 0 Å². The van der Waals surface area contributed by atoms with Gasteiger partial charge in [0.25, 0.3) is 0 Å². The summed E-state index contributed by atoms with van der Waals surface area (Å²) in [6.07, 6.45) is 2.07. The number of carboxylic acids is 1. The third kappa shape index (κ3) is 7.33. The summed E-state index contributed by atoms with van der Waals surface area (Å²) in [4.78, 5) is 10.2. The third-order valence-electron chi connectivity index (χ3n) is 1.64. The summed E-state index contributed by atoms with van der Waals surface area (Å²) in [6.45, 7) is 3.88. The molecule has 0 spiro atoms. The normalized spacial score (nSPS) is 15.9. The second-order valence-electron chi connectivity index (χ2n) is 3.26. The van der Waals surface area contributed by atoms with Crippen molar-refractivity contribution in [3.63, 3.8) is 0 Å². The molecule has 0 aromatic carbocycles. The summed E-state index contributed by atoms with van der Waals surface area (Å²) in [5.74, 6) is -0.472. The standard InChI is InChI=1S/C8H17NO2/c1-6(5-8(10)11)3-4-7(2)9/h6-7H,3-5,9H2,1-2H3,(H,10,11). The largest absolute Gasteiger partial charge is 0.481 e. The summed E-state index contributed by atoms with van der Waals surface area (Å²) >= 11 is 0. The zero-order chi connectivity index (χ0) is 8.85. The number of hydrogen-bond acceptors (Lipinski definition) is 2. The van der Waals surface area contributed by atoms with Crippen molar-refractivity contribution in [1.29, 1.82) is 0 Å². The maximum atomic E-state index is 10.2. The lowest BCUT2D eigenvalue weighted by molar-refractivity contribution is -0.138. The van der Waals surface area contributed by atoms with Gasteiger partial charge in [0.05, 0.1) is 0 Å². The van der Waals surface area contributed by atoms with Gasteiger partial charge in [-0.15, -0.1) is 0 Å². The van der Waals surface area contributed by atoms with Crippen LogP contribution in [0.5, 0.6) is 0 Å². The van der Waals surface area contributed by atoms with Gasteiger partial charge in [0.1, 0.15) is 0 Å². The third-order valence-corrected chi connectivity index (χ3v) is 1.64. The average Bonchev–Trinajstić information content (AvgIpc) is 1.82. The van der Waals surface area contributed by atoms with E-state index in [9.17, 15) is 4.79 Å². The number of nitrogens with two attached hydrogens (primary N) is 1. The van der Waals surface area contributed by atoms with Crippen LogP contribution in [-0.4, -0.2) is 17.1 Å². The fourth-order valence-electron chi connectivity index (χ4n) is 0.948. The molecular weight excluding hydrogens is 142 g/mol. The molecule has 0 saturated carbocycles. The van der Waals surface area contributed by atoms with E-state index in [-0.39, 0.29) is 18.4 Å². The Morgan fingerprint density at radius 3 is 2.36 bits per heavy atom. The monoisotopic (exact) mass is 159 g/mol. The zero-order valence-electron chi connectivity index (χ0n) is 7.21. The van der Waals surface area contributed by atoms with E-state index in [1.807, 2.05) is 13.8 Å². The first kappa shape index (κ1) is 10.4. The smallest absolute Gasteiger partial charge is 0.303 e. The highest BCUT2D eigenvalue weighted by Crippen LogP contribution is 2.10. The number of hydrogen-bond donors (Lipinski definition) is 2. The van der Waals surface area contributed by atoms with Crippen LogP contribution in [0, 0.1) is 5.92 Å². The molecule has 0 radical (unpaired) electrons. The maximum absolute atomic E-state index is 10.2. The second-order valence-corrected chi connectivity index (χ2v) is 3.26. The Kier molecular flexibility index (Phi) is 4.86. The van der Waals surface area contributed by atoms with Crippen LogP contribution < -0.4 is 5.73 Å². The molecule has 3 heteroatoms. The van der Waals surface area contributed by atoms with Crippen molar-refractivity contribution < 1.29 is 9.90 Å². The summed E-state index contributed by atoms with van der Waals surface area (Å²) in [5, 5.41) is 8.42. The molecule has 3 nitrogen and oxygen atoms in total. The van der Waals surface area contributed by atoms with E-state index in [1.165, 1.54) is 0 Å². The van der Waals surface area contributed by atoms with Crippen LogP contribution in [-0.2, 0) is 4.79 Å². The highest BCUT2D eigenvalue weighted by molar-refractivity contribution is 5.66. The lowest BCUT2D eigenvalue weighted by Crippen LogP contribution is -2.16. The van der Waals surface area contributed by atoms with Gasteiger partial charge in [-0.1, -0.05) is 6.92 Å². The van der Waals surface area contributed by atoms with Crippen LogP contribution >= 0.6 is 0 Å². The molecule has 0 aliphatic rings. The van der Waals surface area contributed by atoms with Crippen LogP contribution in [0.3, 0.4) is 0 Å². The van der Waals surface area contributed by atoms with Gasteiger partial charge >= 0.3 is 5.97 Å². The quantitative estimate of drug-likeness (QED) is 0.634. The van der Waals surface area contributed by atoms with Gasteiger partial charge in [-0.05, 0) is 25.7 Å². The van der Waals surface area contributed by atoms with Crippen molar-refractivity contribution in [2.45, 2.75) is 39.2 Å². The molecule has 2 unspecified atom stereocenters. The number of carbonyl (C=O) groups is 1. The molecule has 3 N–H and O–H groups in total. The first-order valence-electron chi connectivity index (χ1n) is 3.99. The lowest BCUT2D eigenvalue weighted by Gasteiger charge is -2.09. The van der Waals surface area contributed by atoms with Crippen molar-refractivity contribution in [3.8, 4) is 0 Å². The van der Waals surface area contributed by atoms with Crippen molar-refractivity contribution in [2.75, 3.05) is 0 Å². The van der Waals surface area contributed by atoms with Gasteiger partial charge in [0.15, 0.2) is 0 Å². The fraction of sp³-hybridized carbons (Fsp3) is 0.875. The molecular formula is C8H17NO2. The lowest BCUT2D eigenvalue weighted by atomic mass is 10.00. The van der Waals surface area contributed by atoms with E-state index < -0.39 is 5.97 Å². The van der Waals surface area contributed by atoms with Crippen LogP contribution in [0.2, 0.25) is 0 Å². The Morgan fingerprint density at radius 2 is 2.00 bits per heavy atom. The van der Waals surface area contributed by atoms with E-state index in [0.29, 0.717) is 0 Å². The first-order valence-corrected chi connectivity index (χ1v) is 3.99. The highest BCUT2D eigenvalue weighted by atomic mass is 16.4. The Balaban J connectivity index is 3.37. The molecule has 2 atom stereocenters. The predicted octanol–water partition coefficient (Wildman–Crippen LogP) is 1.22. The molecule has 0 saturated heterocycles. The minimum Gasteiger partial charge on any atom is -0.481 e. The molecule has 0 aliphatic heterocycles. The minimum absolute atomic E-state index is 0.186. The maximum Gasteiger partial charge on any atom is 0.303 e. The van der Waals surface area contributed by atoms with Gasteiger partial charge in [-0.2, -0.15) is 0 Å². The Hall–Kier alpha value is -0.570. The van der Waals surface area contributed by atoms with E-state index in [0.717, 1.165) is 12.8 Å². The van der Waals surface area contributed by atoms with Gasteiger partial charge < -0.3 is 10.8 Å². The molecule has 0 aromatic rings. The minimum atomic E-state index is -0.720. The van der Waals surface area contributed by atoms with E-state index in [4.69, 9.17) is 10.8 Å². The first-order chi connectivity index (χ1) is 5.02. The Labute approximate surface area is 67.6 Å². The molecule has 0 fully saturated rings. The van der Waals surface area contributed by atoms with Gasteiger partial charge in [-0.3, -0.25) is 4.79 Å². The summed E-state index contributed by atoms with van der Waals surface area (Å²) in [6, 6.07) is 0.186. The molecule has 11 heavy (non-hydrogen) atoms. The fourth-order valence-corrected chi connectivity index (χ4v) is 0.948. The second kappa shape index (κ2) is 5.13. The molecule has 0 aliphatic carbocycles. The Bertz CT molecular complexity index is 123. The number of aliphatic carboxylic acids is 1. The topological polar surface area (TPSA) is 63.3 Å².